The molecular formula is C36H84Si8. The molecule has 260 valence electrons. The molecule has 0 bridgehead atoms. The summed E-state index contributed by atoms with van der Waals surface area (Å²) >= 11 is 0. The molecule has 0 unspecified atom stereocenters. The smallest absolute Gasteiger partial charge is 0.0465 e. The largest absolute Gasteiger partial charge is 0.0710 e. The molecule has 0 amide bonds. The molecule has 2 fully saturated rings. The SMILES string of the molecule is CC(C)(C)[Si](C)(C(C)(C)C)[Si]1([Si](C)(C(C)(C)C)C(C)(C)C)[Si@@]2([Si](C)(C(C)(C)C)C(C)(C)C)[Si][Si@@]12[Si](C)(C(C)(C)C)C(C)(C)C. The van der Waals surface area contributed by atoms with Gasteiger partial charge in [0.15, 0.2) is 0 Å². The first-order valence-corrected chi connectivity index (χ1v) is 44.2. The third-order valence-corrected chi connectivity index (χ3v) is 278. The van der Waals surface area contributed by atoms with Gasteiger partial charge in [0.1, 0.15) is 0 Å². The molecule has 2 aliphatic heterocycles. The quantitative estimate of drug-likeness (QED) is 0.252. The van der Waals surface area contributed by atoms with E-state index in [-0.39, 0.29) is 0 Å². The molecule has 2 saturated heterocycles. The van der Waals surface area contributed by atoms with Crippen molar-refractivity contribution < 1.29 is 0 Å². The molecule has 0 aromatic heterocycles. The van der Waals surface area contributed by atoms with Crippen LogP contribution in [-0.4, -0.2) is 57.4 Å². The third kappa shape index (κ3) is 4.15. The highest BCUT2D eigenvalue weighted by Gasteiger charge is 3.16. The van der Waals surface area contributed by atoms with E-state index < -0.39 is 48.8 Å². The van der Waals surface area contributed by atoms with Crippen molar-refractivity contribution in [2.75, 3.05) is 0 Å². The Balaban J connectivity index is 3.76. The van der Waals surface area contributed by atoms with Crippen LogP contribution < -0.4 is 0 Å². The van der Waals surface area contributed by atoms with Gasteiger partial charge in [0.25, 0.3) is 0 Å². The van der Waals surface area contributed by atoms with Gasteiger partial charge in [-0.3, -0.25) is 0 Å². The maximum atomic E-state index is 3.16. The molecule has 0 aromatic carbocycles. The Morgan fingerprint density at radius 2 is 0.409 bits per heavy atom. The third-order valence-electron chi connectivity index (χ3n) is 16.9. The first-order chi connectivity index (χ1) is 18.5. The van der Waals surface area contributed by atoms with Crippen LogP contribution in [0.15, 0.2) is 0 Å². The lowest BCUT2D eigenvalue weighted by Gasteiger charge is -2.73. The van der Waals surface area contributed by atoms with Crippen LogP contribution in [0.5, 0.6) is 0 Å². The normalized spacial score (nSPS) is 26.5. The molecule has 0 aromatic rings. The van der Waals surface area contributed by atoms with Gasteiger partial charge in [0, 0.05) is 57.4 Å². The number of fused-ring (bicyclic) bond motifs is 1. The first kappa shape index (κ1) is 41.9. The summed E-state index contributed by atoms with van der Waals surface area (Å²) in [5.74, 6) is 0. The molecule has 0 spiro atoms. The second kappa shape index (κ2) is 9.95. The molecule has 2 rings (SSSR count). The zero-order valence-electron chi connectivity index (χ0n) is 36.0. The van der Waals surface area contributed by atoms with Gasteiger partial charge in [-0.2, -0.15) is 0 Å². The van der Waals surface area contributed by atoms with E-state index >= 15 is 0 Å². The highest BCUT2D eigenvalue weighted by molar-refractivity contribution is 8.75. The minimum Gasteiger partial charge on any atom is -0.0710 e. The summed E-state index contributed by atoms with van der Waals surface area (Å²) in [7, 11) is -5.94. The van der Waals surface area contributed by atoms with Gasteiger partial charge < -0.3 is 0 Å². The van der Waals surface area contributed by atoms with E-state index in [0.717, 1.165) is 0 Å². The predicted octanol–water partition coefficient (Wildman–Crippen LogP) is 13.3. The van der Waals surface area contributed by atoms with Crippen LogP contribution in [0.2, 0.25) is 66.5 Å². The molecule has 2 heterocycles. The van der Waals surface area contributed by atoms with E-state index in [0.29, 0.717) is 40.3 Å². The van der Waals surface area contributed by atoms with E-state index in [1.807, 2.05) is 0 Å². The standard InChI is InChI=1S/C36H84Si8/c1-29(2,3)38(25,30(4,5)6)42-37-43(42,39(26,31(7,8)9)32(10,11)12)44(42,40(27,33(13,14)15)34(16,17)18)41(28,35(19,20)21)36(22,23)24/h1-28H3/t42-,43+. The molecular weight excluding hydrogens is 657 g/mol. The Labute approximate surface area is 288 Å². The highest BCUT2D eigenvalue weighted by Crippen LogP contribution is 2.89. The lowest BCUT2D eigenvalue weighted by molar-refractivity contribution is 0.624. The van der Waals surface area contributed by atoms with Crippen molar-refractivity contribution >= 4 is 57.4 Å². The number of hydrogen-bond donors (Lipinski definition) is 0. The summed E-state index contributed by atoms with van der Waals surface area (Å²) in [6, 6.07) is 0. The summed E-state index contributed by atoms with van der Waals surface area (Å²) in [6.07, 6.45) is -5.09. The van der Waals surface area contributed by atoms with Crippen molar-refractivity contribution in [1.82, 2.24) is 0 Å². The summed E-state index contributed by atoms with van der Waals surface area (Å²) in [6.45, 7) is 79.8. The van der Waals surface area contributed by atoms with Gasteiger partial charge in [-0.15, -0.1) is 0 Å². The Morgan fingerprint density at radius 3 is 0.523 bits per heavy atom. The van der Waals surface area contributed by atoms with E-state index in [9.17, 15) is 0 Å². The fourth-order valence-corrected chi connectivity index (χ4v) is 629. The number of hydrogen-bond acceptors (Lipinski definition) is 0. The van der Waals surface area contributed by atoms with Gasteiger partial charge in [0.2, 0.25) is 0 Å². The Hall–Kier alpha value is 1.74. The molecule has 0 nitrogen and oxygen atoms in total. The van der Waals surface area contributed by atoms with Crippen LogP contribution in [0, 0.1) is 0 Å². The van der Waals surface area contributed by atoms with Crippen LogP contribution in [0.4, 0.5) is 0 Å². The molecule has 2 aliphatic rings. The topological polar surface area (TPSA) is 0 Å². The predicted molar refractivity (Wildman–Crippen MR) is 227 cm³/mol. The fourth-order valence-electron chi connectivity index (χ4n) is 13.7. The van der Waals surface area contributed by atoms with Crippen LogP contribution in [0.3, 0.4) is 0 Å². The molecule has 44 heavy (non-hydrogen) atoms. The number of rotatable bonds is 4. The monoisotopic (exact) mass is 740 g/mol. The minimum atomic E-state index is -1.92. The Bertz CT molecular complexity index is 982. The van der Waals surface area contributed by atoms with Gasteiger partial charge in [-0.25, -0.2) is 0 Å². The Kier molecular flexibility index (Phi) is 9.48. The van der Waals surface area contributed by atoms with Crippen molar-refractivity contribution in [3.05, 3.63) is 0 Å². The van der Waals surface area contributed by atoms with Gasteiger partial charge >= 0.3 is 0 Å². The summed E-state index contributed by atoms with van der Waals surface area (Å²) < 4.78 is 0. The van der Waals surface area contributed by atoms with Crippen LogP contribution in [0.25, 0.3) is 0 Å². The average molecular weight is 742 g/mol. The van der Waals surface area contributed by atoms with Crippen LogP contribution >= 0.6 is 0 Å². The zero-order valence-corrected chi connectivity index (χ0v) is 44.0. The van der Waals surface area contributed by atoms with Gasteiger partial charge in [-0.1, -0.05) is 192 Å². The maximum absolute atomic E-state index is 3.16. The highest BCUT2D eigenvalue weighted by atomic mass is 31.0. The second-order valence-electron chi connectivity index (χ2n) is 24.9. The first-order valence-electron chi connectivity index (χ1n) is 18.2. The summed E-state index contributed by atoms with van der Waals surface area (Å²) in [5, 5.41) is 3.52. The summed E-state index contributed by atoms with van der Waals surface area (Å²) in [5.41, 5.74) is 0. The van der Waals surface area contributed by atoms with E-state index in [1.54, 1.807) is 0 Å². The van der Waals surface area contributed by atoms with Crippen molar-refractivity contribution in [2.24, 2.45) is 0 Å². The lowest BCUT2D eigenvalue weighted by atomic mass is 10.2. The molecule has 0 aliphatic carbocycles. The summed E-state index contributed by atoms with van der Waals surface area (Å²) in [4.78, 5) is 0. The minimum absolute atomic E-state index is 0.427. The maximum Gasteiger partial charge on any atom is 0.0465 e. The molecule has 8 heteroatoms. The molecule has 0 saturated carbocycles. The van der Waals surface area contributed by atoms with Crippen molar-refractivity contribution in [3.8, 4) is 0 Å². The second-order valence-corrected chi connectivity index (χ2v) is 120. The Morgan fingerprint density at radius 1 is 0.273 bits per heavy atom. The van der Waals surface area contributed by atoms with Crippen molar-refractivity contribution in [1.29, 1.82) is 0 Å². The lowest BCUT2D eigenvalue weighted by Crippen LogP contribution is -2.92. The van der Waals surface area contributed by atoms with E-state index in [1.165, 1.54) is 8.55 Å². The molecule has 2 atom stereocenters. The van der Waals surface area contributed by atoms with E-state index in [4.69, 9.17) is 0 Å². The molecule has 2 radical (unpaired) electrons. The average Bonchev–Trinajstić information content (AvgIpc) is 3.52. The van der Waals surface area contributed by atoms with Gasteiger partial charge in [0.05, 0.1) is 0 Å². The van der Waals surface area contributed by atoms with E-state index in [2.05, 4.69) is 192 Å². The van der Waals surface area contributed by atoms with Crippen LogP contribution in [-0.2, 0) is 0 Å². The molecule has 0 N–H and O–H groups in total. The van der Waals surface area contributed by atoms with Gasteiger partial charge in [-0.05, 0) is 40.3 Å². The van der Waals surface area contributed by atoms with Crippen LogP contribution in [0.1, 0.15) is 166 Å². The van der Waals surface area contributed by atoms with Crippen molar-refractivity contribution in [3.63, 3.8) is 0 Å². The fraction of sp³-hybridized carbons (Fsp3) is 1.00. The zero-order chi connectivity index (χ0) is 36.2. The van der Waals surface area contributed by atoms with Crippen molar-refractivity contribution in [2.45, 2.75) is 233 Å².